The summed E-state index contributed by atoms with van der Waals surface area (Å²) in [5, 5.41) is 9.73. The molecule has 0 aliphatic heterocycles. The summed E-state index contributed by atoms with van der Waals surface area (Å²) in [5.74, 6) is 0.364. The molecule has 0 saturated carbocycles. The minimum absolute atomic E-state index is 0.0931. The van der Waals surface area contributed by atoms with Crippen molar-refractivity contribution in [2.24, 2.45) is 0 Å². The molecule has 0 aliphatic rings. The second-order valence-electron chi connectivity index (χ2n) is 3.08. The Kier molecular flexibility index (Phi) is 3.71. The molecule has 0 saturated heterocycles. The van der Waals surface area contributed by atoms with Crippen molar-refractivity contribution >= 4 is 17.5 Å². The van der Waals surface area contributed by atoms with Gasteiger partial charge in [-0.1, -0.05) is 0 Å². The molecule has 0 bridgehead atoms. The highest BCUT2D eigenvalue weighted by Crippen LogP contribution is 2.11. The Labute approximate surface area is 103 Å². The van der Waals surface area contributed by atoms with Gasteiger partial charge in [0.25, 0.3) is 0 Å². The Morgan fingerprint density at radius 3 is 3.00 bits per heavy atom. The van der Waals surface area contributed by atoms with Crippen LogP contribution < -0.4 is 10.1 Å². The van der Waals surface area contributed by atoms with E-state index in [0.29, 0.717) is 19.1 Å². The first-order valence-electron chi connectivity index (χ1n) is 5.04. The van der Waals surface area contributed by atoms with E-state index in [4.69, 9.17) is 16.3 Å². The van der Waals surface area contributed by atoms with Gasteiger partial charge in [-0.2, -0.15) is 20.1 Å². The molecule has 0 atom stereocenters. The minimum atomic E-state index is 0.0931. The number of nitrogens with one attached hydrogen (secondary N) is 2. The number of hydrogen-bond donors (Lipinski definition) is 2. The van der Waals surface area contributed by atoms with Gasteiger partial charge in [-0.15, -0.1) is 0 Å². The minimum Gasteiger partial charge on any atom is -0.464 e. The molecule has 90 valence electrons. The second kappa shape index (κ2) is 5.44. The van der Waals surface area contributed by atoms with Crippen molar-refractivity contribution in [3.8, 4) is 6.01 Å². The standard InChI is InChI=1S/C9H11ClN6O/c1-2-17-9-14-7(10)13-8(15-9)11-5-6-3-4-12-16-6/h3-4H,2,5H2,1H3,(H,12,16)(H,11,13,14,15). The summed E-state index contributed by atoms with van der Waals surface area (Å²) in [7, 11) is 0. The van der Waals surface area contributed by atoms with E-state index in [-0.39, 0.29) is 11.3 Å². The lowest BCUT2D eigenvalue weighted by Crippen LogP contribution is -2.07. The Hall–Kier alpha value is -1.89. The van der Waals surface area contributed by atoms with Gasteiger partial charge >= 0.3 is 6.01 Å². The highest BCUT2D eigenvalue weighted by molar-refractivity contribution is 6.28. The molecule has 0 amide bonds. The molecule has 2 N–H and O–H groups in total. The van der Waals surface area contributed by atoms with Crippen molar-refractivity contribution in [2.45, 2.75) is 13.5 Å². The van der Waals surface area contributed by atoms with Crippen molar-refractivity contribution < 1.29 is 4.74 Å². The number of rotatable bonds is 5. The van der Waals surface area contributed by atoms with Crippen LogP contribution in [-0.2, 0) is 6.54 Å². The number of aromatic amines is 1. The Morgan fingerprint density at radius 2 is 2.29 bits per heavy atom. The summed E-state index contributed by atoms with van der Waals surface area (Å²) in [5.41, 5.74) is 0.916. The third-order valence-corrected chi connectivity index (χ3v) is 2.03. The van der Waals surface area contributed by atoms with E-state index >= 15 is 0 Å². The summed E-state index contributed by atoms with van der Waals surface area (Å²) in [6.07, 6.45) is 1.67. The number of nitrogens with zero attached hydrogens (tertiary/aromatic N) is 4. The van der Waals surface area contributed by atoms with Crippen LogP contribution in [0.3, 0.4) is 0 Å². The second-order valence-corrected chi connectivity index (χ2v) is 3.42. The molecule has 0 radical (unpaired) electrons. The van der Waals surface area contributed by atoms with Gasteiger partial charge in [-0.05, 0) is 24.6 Å². The van der Waals surface area contributed by atoms with Gasteiger partial charge in [0, 0.05) is 6.20 Å². The molecular formula is C9H11ClN6O. The number of ether oxygens (including phenoxy) is 1. The molecule has 0 aliphatic carbocycles. The summed E-state index contributed by atoms with van der Waals surface area (Å²) < 4.78 is 5.16. The van der Waals surface area contributed by atoms with E-state index in [2.05, 4.69) is 30.5 Å². The first kappa shape index (κ1) is 11.6. The fourth-order valence-electron chi connectivity index (χ4n) is 1.16. The molecule has 7 nitrogen and oxygen atoms in total. The van der Waals surface area contributed by atoms with Gasteiger partial charge in [0.05, 0.1) is 18.8 Å². The number of aromatic nitrogens is 5. The third kappa shape index (κ3) is 3.28. The van der Waals surface area contributed by atoms with Crippen molar-refractivity contribution in [3.63, 3.8) is 0 Å². The Balaban J connectivity index is 2.04. The topological polar surface area (TPSA) is 88.6 Å². The predicted octanol–water partition coefficient (Wildman–Crippen LogP) is 1.26. The van der Waals surface area contributed by atoms with E-state index in [9.17, 15) is 0 Å². The predicted molar refractivity (Wildman–Crippen MR) is 61.9 cm³/mol. The van der Waals surface area contributed by atoms with E-state index in [1.54, 1.807) is 6.20 Å². The quantitative estimate of drug-likeness (QED) is 0.835. The van der Waals surface area contributed by atoms with Crippen LogP contribution in [-0.4, -0.2) is 31.8 Å². The third-order valence-electron chi connectivity index (χ3n) is 1.86. The molecule has 2 rings (SSSR count). The maximum Gasteiger partial charge on any atom is 0.322 e. The van der Waals surface area contributed by atoms with E-state index in [0.717, 1.165) is 5.69 Å². The zero-order valence-corrected chi connectivity index (χ0v) is 9.90. The maximum absolute atomic E-state index is 5.74. The fourth-order valence-corrected chi connectivity index (χ4v) is 1.31. The van der Waals surface area contributed by atoms with E-state index < -0.39 is 0 Å². The lowest BCUT2D eigenvalue weighted by atomic mass is 10.4. The van der Waals surface area contributed by atoms with Gasteiger partial charge in [0.2, 0.25) is 11.2 Å². The Bertz CT molecular complexity index is 474. The molecule has 2 aromatic heterocycles. The van der Waals surface area contributed by atoms with Crippen LogP contribution in [0.15, 0.2) is 12.3 Å². The van der Waals surface area contributed by atoms with E-state index in [1.807, 2.05) is 13.0 Å². The monoisotopic (exact) mass is 254 g/mol. The van der Waals surface area contributed by atoms with Crippen LogP contribution in [0.4, 0.5) is 5.95 Å². The largest absolute Gasteiger partial charge is 0.464 e. The molecule has 17 heavy (non-hydrogen) atoms. The first-order valence-corrected chi connectivity index (χ1v) is 5.42. The number of halogens is 1. The fraction of sp³-hybridized carbons (Fsp3) is 0.333. The number of H-pyrrole nitrogens is 1. The molecule has 0 aromatic carbocycles. The molecule has 2 aromatic rings. The zero-order valence-electron chi connectivity index (χ0n) is 9.14. The average Bonchev–Trinajstić information content (AvgIpc) is 2.79. The smallest absolute Gasteiger partial charge is 0.322 e. The Morgan fingerprint density at radius 1 is 1.41 bits per heavy atom. The van der Waals surface area contributed by atoms with Crippen LogP contribution in [0.25, 0.3) is 0 Å². The van der Waals surface area contributed by atoms with Crippen LogP contribution in [0.5, 0.6) is 6.01 Å². The summed E-state index contributed by atoms with van der Waals surface area (Å²) >= 11 is 5.74. The van der Waals surface area contributed by atoms with Crippen molar-refractivity contribution in [1.29, 1.82) is 0 Å². The van der Waals surface area contributed by atoms with Crippen LogP contribution in [0.1, 0.15) is 12.6 Å². The normalized spacial score (nSPS) is 10.2. The molecule has 0 spiro atoms. The van der Waals surface area contributed by atoms with Crippen molar-refractivity contribution in [2.75, 3.05) is 11.9 Å². The molecule has 0 fully saturated rings. The van der Waals surface area contributed by atoms with Crippen molar-refractivity contribution in [3.05, 3.63) is 23.2 Å². The summed E-state index contributed by atoms with van der Waals surface area (Å²) in [6, 6.07) is 2.05. The molecule has 0 unspecified atom stereocenters. The number of hydrogen-bond acceptors (Lipinski definition) is 6. The molecule has 2 heterocycles. The lowest BCUT2D eigenvalue weighted by molar-refractivity contribution is 0.312. The zero-order chi connectivity index (χ0) is 12.1. The van der Waals surface area contributed by atoms with Crippen LogP contribution in [0.2, 0.25) is 5.28 Å². The summed E-state index contributed by atoms with van der Waals surface area (Å²) in [4.78, 5) is 11.8. The lowest BCUT2D eigenvalue weighted by Gasteiger charge is -2.05. The van der Waals surface area contributed by atoms with Gasteiger partial charge in [0.15, 0.2) is 0 Å². The van der Waals surface area contributed by atoms with Gasteiger partial charge in [0.1, 0.15) is 0 Å². The van der Waals surface area contributed by atoms with Crippen molar-refractivity contribution in [1.82, 2.24) is 25.1 Å². The SMILES string of the molecule is CCOc1nc(Cl)nc(NCc2ccn[nH]2)n1. The van der Waals surface area contributed by atoms with Crippen LogP contribution in [0, 0.1) is 0 Å². The molecule has 8 heteroatoms. The van der Waals surface area contributed by atoms with E-state index in [1.165, 1.54) is 0 Å². The van der Waals surface area contributed by atoms with Crippen LogP contribution >= 0.6 is 11.6 Å². The van der Waals surface area contributed by atoms with Gasteiger partial charge < -0.3 is 10.1 Å². The maximum atomic E-state index is 5.74. The highest BCUT2D eigenvalue weighted by Gasteiger charge is 2.05. The van der Waals surface area contributed by atoms with Gasteiger partial charge in [-0.25, -0.2) is 0 Å². The molecular weight excluding hydrogens is 244 g/mol. The summed E-state index contributed by atoms with van der Waals surface area (Å²) in [6.45, 7) is 2.83. The van der Waals surface area contributed by atoms with Gasteiger partial charge in [-0.3, -0.25) is 5.10 Å². The first-order chi connectivity index (χ1) is 8.28. The number of anilines is 1. The highest BCUT2D eigenvalue weighted by atomic mass is 35.5. The average molecular weight is 255 g/mol.